The normalized spacial score (nSPS) is 23.8. The van der Waals surface area contributed by atoms with Crippen molar-refractivity contribution in [3.63, 3.8) is 0 Å². The van der Waals surface area contributed by atoms with Crippen molar-refractivity contribution in [2.45, 2.75) is 57.8 Å². The summed E-state index contributed by atoms with van der Waals surface area (Å²) in [7, 11) is 1.71. The zero-order valence-corrected chi connectivity index (χ0v) is 17.3. The molecule has 0 saturated carbocycles. The van der Waals surface area contributed by atoms with Crippen LogP contribution in [0.4, 0.5) is 0 Å². The molecular formula is C22H37N3O2. The fourth-order valence-electron chi connectivity index (χ4n) is 4.69. The molecule has 5 heteroatoms. The van der Waals surface area contributed by atoms with E-state index in [4.69, 9.17) is 4.74 Å². The first-order chi connectivity index (χ1) is 13.1. The number of piperidine rings is 1. The number of benzene rings is 1. The molecular weight excluding hydrogens is 338 g/mol. The van der Waals surface area contributed by atoms with Crippen molar-refractivity contribution in [2.24, 2.45) is 0 Å². The summed E-state index contributed by atoms with van der Waals surface area (Å²) < 4.78 is 5.26. The molecule has 0 amide bonds. The van der Waals surface area contributed by atoms with Crippen LogP contribution in [0.3, 0.4) is 0 Å². The molecule has 27 heavy (non-hydrogen) atoms. The quantitative estimate of drug-likeness (QED) is 0.793. The van der Waals surface area contributed by atoms with Crippen molar-refractivity contribution in [1.82, 2.24) is 14.7 Å². The van der Waals surface area contributed by atoms with Crippen molar-refractivity contribution >= 4 is 0 Å². The van der Waals surface area contributed by atoms with Crippen molar-refractivity contribution in [1.29, 1.82) is 0 Å². The molecule has 0 spiro atoms. The highest BCUT2D eigenvalue weighted by Gasteiger charge is 2.33. The van der Waals surface area contributed by atoms with Gasteiger partial charge in [-0.3, -0.25) is 9.80 Å². The molecule has 2 aliphatic heterocycles. The van der Waals surface area contributed by atoms with E-state index in [2.05, 4.69) is 40.7 Å². The van der Waals surface area contributed by atoms with Gasteiger partial charge in [-0.2, -0.15) is 0 Å². The highest BCUT2D eigenvalue weighted by molar-refractivity contribution is 5.27. The minimum atomic E-state index is 0.280. The van der Waals surface area contributed by atoms with Gasteiger partial charge in [0.1, 0.15) is 5.75 Å². The second-order valence-electron chi connectivity index (χ2n) is 8.35. The van der Waals surface area contributed by atoms with Crippen LogP contribution in [-0.4, -0.2) is 84.4 Å². The molecule has 2 fully saturated rings. The lowest BCUT2D eigenvalue weighted by atomic mass is 9.97. The molecule has 2 saturated heterocycles. The minimum absolute atomic E-state index is 0.280. The van der Waals surface area contributed by atoms with E-state index in [0.29, 0.717) is 18.1 Å². The van der Waals surface area contributed by atoms with Gasteiger partial charge in [-0.05, 0) is 63.9 Å². The van der Waals surface area contributed by atoms with Gasteiger partial charge in [0, 0.05) is 50.9 Å². The Kier molecular flexibility index (Phi) is 7.53. The van der Waals surface area contributed by atoms with E-state index in [9.17, 15) is 5.11 Å². The number of nitrogens with zero attached hydrogens (tertiary/aromatic N) is 3. The van der Waals surface area contributed by atoms with Gasteiger partial charge < -0.3 is 14.7 Å². The number of likely N-dealkylation sites (tertiary alicyclic amines) is 1. The summed E-state index contributed by atoms with van der Waals surface area (Å²) in [6, 6.07) is 10.2. The van der Waals surface area contributed by atoms with Gasteiger partial charge in [0.15, 0.2) is 0 Å². The fraction of sp³-hybridized carbons (Fsp3) is 0.727. The first-order valence-corrected chi connectivity index (χ1v) is 10.6. The topological polar surface area (TPSA) is 39.2 Å². The summed E-state index contributed by atoms with van der Waals surface area (Å²) in [5.74, 6) is 0.912. The van der Waals surface area contributed by atoms with Crippen molar-refractivity contribution in [2.75, 3.05) is 46.4 Å². The van der Waals surface area contributed by atoms with Crippen LogP contribution in [0, 0.1) is 0 Å². The summed E-state index contributed by atoms with van der Waals surface area (Å²) in [5.41, 5.74) is 1.33. The van der Waals surface area contributed by atoms with E-state index in [-0.39, 0.29) is 6.61 Å². The molecule has 0 bridgehead atoms. The van der Waals surface area contributed by atoms with Crippen LogP contribution < -0.4 is 4.74 Å². The highest BCUT2D eigenvalue weighted by Crippen LogP contribution is 2.25. The van der Waals surface area contributed by atoms with Gasteiger partial charge in [-0.1, -0.05) is 12.1 Å². The van der Waals surface area contributed by atoms with E-state index in [0.717, 1.165) is 38.3 Å². The number of rotatable bonds is 7. The number of piperazine rings is 1. The number of aliphatic hydroxyl groups excluding tert-OH is 1. The number of hydrogen-bond acceptors (Lipinski definition) is 5. The monoisotopic (exact) mass is 375 g/mol. The average molecular weight is 376 g/mol. The zero-order valence-electron chi connectivity index (χ0n) is 17.3. The summed E-state index contributed by atoms with van der Waals surface area (Å²) in [6.07, 6.45) is 3.40. The number of methoxy groups -OCH3 is 1. The first kappa shape index (κ1) is 20.6. The van der Waals surface area contributed by atoms with Crippen LogP contribution in [0.2, 0.25) is 0 Å². The lowest BCUT2D eigenvalue weighted by Crippen LogP contribution is -2.58. The Balaban J connectivity index is 1.56. The fourth-order valence-corrected chi connectivity index (χ4v) is 4.69. The van der Waals surface area contributed by atoms with Crippen molar-refractivity contribution in [3.05, 3.63) is 29.8 Å². The third kappa shape index (κ3) is 5.44. The molecule has 0 unspecified atom stereocenters. The van der Waals surface area contributed by atoms with E-state index < -0.39 is 0 Å². The van der Waals surface area contributed by atoms with Gasteiger partial charge in [0.2, 0.25) is 0 Å². The Morgan fingerprint density at radius 3 is 2.37 bits per heavy atom. The molecule has 2 aliphatic rings. The van der Waals surface area contributed by atoms with Gasteiger partial charge in [-0.15, -0.1) is 0 Å². The maximum absolute atomic E-state index is 9.62. The Morgan fingerprint density at radius 2 is 1.78 bits per heavy atom. The molecule has 0 aliphatic carbocycles. The standard InChI is InChI=1S/C22H37N3O2/c1-18(2)24-11-8-20(9-12-24)25-14-13-23(17-21(25)10-15-26)16-19-4-6-22(27-3)7-5-19/h4-7,18,20-21,26H,8-17H2,1-3H3/t21-/m0/s1. The summed E-state index contributed by atoms with van der Waals surface area (Å²) in [5, 5.41) is 9.62. The summed E-state index contributed by atoms with van der Waals surface area (Å²) in [6.45, 7) is 11.6. The highest BCUT2D eigenvalue weighted by atomic mass is 16.5. The largest absolute Gasteiger partial charge is 0.497 e. The Hall–Kier alpha value is -1.14. The molecule has 1 atom stereocenters. The molecule has 0 aromatic heterocycles. The van der Waals surface area contributed by atoms with E-state index in [1.807, 2.05) is 12.1 Å². The van der Waals surface area contributed by atoms with E-state index in [1.165, 1.54) is 31.5 Å². The van der Waals surface area contributed by atoms with Crippen LogP contribution in [0.15, 0.2) is 24.3 Å². The molecule has 2 heterocycles. The van der Waals surface area contributed by atoms with Crippen LogP contribution >= 0.6 is 0 Å². The van der Waals surface area contributed by atoms with Crippen LogP contribution in [0.25, 0.3) is 0 Å². The van der Waals surface area contributed by atoms with Crippen LogP contribution in [-0.2, 0) is 6.54 Å². The lowest BCUT2D eigenvalue weighted by Gasteiger charge is -2.48. The molecule has 5 nitrogen and oxygen atoms in total. The second kappa shape index (κ2) is 9.87. The molecule has 1 aromatic carbocycles. The summed E-state index contributed by atoms with van der Waals surface area (Å²) in [4.78, 5) is 7.85. The van der Waals surface area contributed by atoms with Crippen molar-refractivity contribution < 1.29 is 9.84 Å². The Labute approximate surface area is 164 Å². The van der Waals surface area contributed by atoms with E-state index >= 15 is 0 Å². The predicted octanol–water partition coefficient (Wildman–Crippen LogP) is 2.44. The molecule has 1 aromatic rings. The lowest BCUT2D eigenvalue weighted by molar-refractivity contribution is -0.0000325. The smallest absolute Gasteiger partial charge is 0.118 e. The van der Waals surface area contributed by atoms with Crippen LogP contribution in [0.1, 0.15) is 38.7 Å². The maximum Gasteiger partial charge on any atom is 0.118 e. The Bertz CT molecular complexity index is 555. The second-order valence-corrected chi connectivity index (χ2v) is 8.35. The number of hydrogen-bond donors (Lipinski definition) is 1. The number of aliphatic hydroxyl groups is 1. The molecule has 152 valence electrons. The zero-order chi connectivity index (χ0) is 19.2. The van der Waals surface area contributed by atoms with Gasteiger partial charge >= 0.3 is 0 Å². The van der Waals surface area contributed by atoms with Crippen LogP contribution in [0.5, 0.6) is 5.75 Å². The maximum atomic E-state index is 9.62. The molecule has 3 rings (SSSR count). The third-order valence-corrected chi connectivity index (χ3v) is 6.34. The SMILES string of the molecule is COc1ccc(CN2CCN(C3CCN(C(C)C)CC3)[C@@H](CCO)C2)cc1. The average Bonchev–Trinajstić information content (AvgIpc) is 2.69. The predicted molar refractivity (Wildman–Crippen MR) is 110 cm³/mol. The minimum Gasteiger partial charge on any atom is -0.497 e. The molecule has 0 radical (unpaired) electrons. The number of ether oxygens (including phenoxy) is 1. The Morgan fingerprint density at radius 1 is 1.07 bits per heavy atom. The van der Waals surface area contributed by atoms with Gasteiger partial charge in [0.25, 0.3) is 0 Å². The van der Waals surface area contributed by atoms with E-state index in [1.54, 1.807) is 7.11 Å². The molecule has 1 N–H and O–H groups in total. The third-order valence-electron chi connectivity index (χ3n) is 6.34. The van der Waals surface area contributed by atoms with Crippen molar-refractivity contribution in [3.8, 4) is 5.75 Å². The first-order valence-electron chi connectivity index (χ1n) is 10.6. The summed E-state index contributed by atoms with van der Waals surface area (Å²) >= 11 is 0. The van der Waals surface area contributed by atoms with Gasteiger partial charge in [-0.25, -0.2) is 0 Å². The van der Waals surface area contributed by atoms with Gasteiger partial charge in [0.05, 0.1) is 7.11 Å².